The molecule has 0 fully saturated rings. The second kappa shape index (κ2) is 10.3. The molecule has 5 nitrogen and oxygen atoms in total. The topological polar surface area (TPSA) is 68.7 Å². The maximum atomic E-state index is 14.5. The number of halogens is 4. The number of aromatic nitrogens is 1. The van der Waals surface area contributed by atoms with Crippen LogP contribution >= 0.6 is 11.3 Å². The molecule has 1 atom stereocenters. The quantitative estimate of drug-likeness (QED) is 0.385. The van der Waals surface area contributed by atoms with Crippen LogP contribution in [0.4, 0.5) is 17.6 Å². The molecule has 33 heavy (non-hydrogen) atoms. The Morgan fingerprint density at radius 1 is 1.18 bits per heavy atom. The number of benzene rings is 2. The Labute approximate surface area is 191 Å². The van der Waals surface area contributed by atoms with Gasteiger partial charge in [0.1, 0.15) is 11.6 Å². The van der Waals surface area contributed by atoms with Crippen LogP contribution in [0.5, 0.6) is 5.75 Å². The van der Waals surface area contributed by atoms with Gasteiger partial charge in [-0.1, -0.05) is 18.2 Å². The smallest absolute Gasteiger partial charge is 0.416 e. The molecule has 0 saturated heterocycles. The van der Waals surface area contributed by atoms with Crippen LogP contribution in [0.15, 0.2) is 42.5 Å². The van der Waals surface area contributed by atoms with E-state index in [0.29, 0.717) is 26.7 Å². The van der Waals surface area contributed by atoms with Gasteiger partial charge in [-0.25, -0.2) is 14.2 Å². The number of carboxylic acid groups (broad SMARTS) is 1. The molecule has 1 unspecified atom stereocenters. The lowest BCUT2D eigenvalue weighted by molar-refractivity contribution is -0.150. The van der Waals surface area contributed by atoms with Crippen LogP contribution in [-0.4, -0.2) is 28.8 Å². The minimum absolute atomic E-state index is 0.00841. The summed E-state index contributed by atoms with van der Waals surface area (Å²) in [5, 5.41) is 9.69. The van der Waals surface area contributed by atoms with E-state index in [1.165, 1.54) is 35.6 Å². The number of nitrogens with zero attached hydrogens (tertiary/aromatic N) is 1. The van der Waals surface area contributed by atoms with Crippen LogP contribution in [0.3, 0.4) is 0 Å². The van der Waals surface area contributed by atoms with Gasteiger partial charge in [0.05, 0.1) is 16.1 Å². The van der Waals surface area contributed by atoms with Gasteiger partial charge in [0.25, 0.3) is 0 Å². The molecule has 0 aliphatic rings. The highest BCUT2D eigenvalue weighted by Crippen LogP contribution is 2.33. The number of aliphatic carboxylic acids is 1. The third-order valence-corrected chi connectivity index (χ3v) is 5.95. The number of hydrogen-bond acceptors (Lipinski definition) is 5. The number of rotatable bonds is 9. The maximum absolute atomic E-state index is 14.5. The summed E-state index contributed by atoms with van der Waals surface area (Å²) in [6.07, 6.45) is -5.46. The van der Waals surface area contributed by atoms with Crippen molar-refractivity contribution in [2.45, 2.75) is 39.2 Å². The Kier molecular flexibility index (Phi) is 7.70. The minimum atomic E-state index is -4.41. The van der Waals surface area contributed by atoms with Crippen molar-refractivity contribution in [3.05, 3.63) is 70.0 Å². The number of ether oxygens (including phenoxy) is 2. The van der Waals surface area contributed by atoms with Crippen LogP contribution in [-0.2, 0) is 28.7 Å². The van der Waals surface area contributed by atoms with Crippen LogP contribution in [0.25, 0.3) is 10.6 Å². The first-order chi connectivity index (χ1) is 15.6. The normalized spacial score (nSPS) is 12.5. The summed E-state index contributed by atoms with van der Waals surface area (Å²) < 4.78 is 63.4. The monoisotopic (exact) mass is 483 g/mol. The third-order valence-electron chi connectivity index (χ3n) is 4.77. The molecule has 10 heteroatoms. The van der Waals surface area contributed by atoms with Gasteiger partial charge in [-0.3, -0.25) is 0 Å². The van der Waals surface area contributed by atoms with E-state index >= 15 is 0 Å². The predicted octanol–water partition coefficient (Wildman–Crippen LogP) is 5.89. The van der Waals surface area contributed by atoms with Crippen molar-refractivity contribution in [1.29, 1.82) is 0 Å². The molecule has 2 aromatic carbocycles. The first kappa shape index (κ1) is 24.7. The summed E-state index contributed by atoms with van der Waals surface area (Å²) in [4.78, 5) is 16.3. The Morgan fingerprint density at radius 2 is 1.88 bits per heavy atom. The molecule has 3 rings (SSSR count). The summed E-state index contributed by atoms with van der Waals surface area (Å²) in [5.74, 6) is -1.77. The average Bonchev–Trinajstić information content (AvgIpc) is 3.13. The van der Waals surface area contributed by atoms with Gasteiger partial charge in [-0.05, 0) is 43.7 Å². The standard InChI is InChI=1S/C23H21F4NO4S/c1-3-31-19(22(29)30)11-14-4-9-18(17(24)10-14)32-12-20-13(2)28-21(33-20)15-5-7-16(8-6-15)23(25,26)27/h4-10,19H,3,11-12H2,1-2H3,(H,29,30). The number of alkyl halides is 3. The van der Waals surface area contributed by atoms with Gasteiger partial charge >= 0.3 is 12.1 Å². The lowest BCUT2D eigenvalue weighted by Crippen LogP contribution is -2.26. The zero-order valence-electron chi connectivity index (χ0n) is 17.8. The van der Waals surface area contributed by atoms with E-state index in [2.05, 4.69) is 4.98 Å². The highest BCUT2D eigenvalue weighted by atomic mass is 32.1. The molecule has 0 amide bonds. The fraction of sp³-hybridized carbons (Fsp3) is 0.304. The summed E-state index contributed by atoms with van der Waals surface area (Å²) in [5.41, 5.74) is 0.894. The minimum Gasteiger partial charge on any atom is -0.485 e. The van der Waals surface area contributed by atoms with Crippen molar-refractivity contribution in [3.8, 4) is 16.3 Å². The lowest BCUT2D eigenvalue weighted by atomic mass is 10.1. The van der Waals surface area contributed by atoms with E-state index < -0.39 is 29.6 Å². The molecule has 3 aromatic rings. The molecule has 176 valence electrons. The van der Waals surface area contributed by atoms with E-state index in [-0.39, 0.29) is 25.4 Å². The maximum Gasteiger partial charge on any atom is 0.416 e. The Morgan fingerprint density at radius 3 is 2.45 bits per heavy atom. The fourth-order valence-corrected chi connectivity index (χ4v) is 4.03. The largest absolute Gasteiger partial charge is 0.485 e. The summed E-state index contributed by atoms with van der Waals surface area (Å²) in [6.45, 7) is 3.67. The number of thiazole rings is 1. The molecule has 0 spiro atoms. The second-order valence-corrected chi connectivity index (χ2v) is 8.23. The van der Waals surface area contributed by atoms with Gasteiger partial charge in [-0.15, -0.1) is 11.3 Å². The van der Waals surface area contributed by atoms with Crippen molar-refractivity contribution in [2.24, 2.45) is 0 Å². The zero-order valence-corrected chi connectivity index (χ0v) is 18.6. The average molecular weight is 483 g/mol. The fourth-order valence-electron chi connectivity index (χ4n) is 3.05. The van der Waals surface area contributed by atoms with Crippen molar-refractivity contribution < 1.29 is 36.9 Å². The van der Waals surface area contributed by atoms with Crippen molar-refractivity contribution in [2.75, 3.05) is 6.61 Å². The molecule has 1 heterocycles. The van der Waals surface area contributed by atoms with E-state index in [1.807, 2.05) is 0 Å². The number of hydrogen-bond donors (Lipinski definition) is 1. The SMILES string of the molecule is CCOC(Cc1ccc(OCc2sc(-c3ccc(C(F)(F)F)cc3)nc2C)c(F)c1)C(=O)O. The van der Waals surface area contributed by atoms with Gasteiger partial charge in [0, 0.05) is 18.6 Å². The van der Waals surface area contributed by atoms with Gasteiger partial charge in [0.2, 0.25) is 0 Å². The number of carboxylic acids is 1. The lowest BCUT2D eigenvalue weighted by Gasteiger charge is -2.13. The van der Waals surface area contributed by atoms with Gasteiger partial charge < -0.3 is 14.6 Å². The molecule has 1 N–H and O–H groups in total. The zero-order chi connectivity index (χ0) is 24.2. The Bertz CT molecular complexity index is 1110. The Balaban J connectivity index is 1.68. The van der Waals surface area contributed by atoms with Gasteiger partial charge in [-0.2, -0.15) is 13.2 Å². The molecule has 0 radical (unpaired) electrons. The highest BCUT2D eigenvalue weighted by Gasteiger charge is 2.30. The summed E-state index contributed by atoms with van der Waals surface area (Å²) in [7, 11) is 0. The van der Waals surface area contributed by atoms with E-state index in [4.69, 9.17) is 14.6 Å². The first-order valence-corrected chi connectivity index (χ1v) is 10.8. The summed E-state index contributed by atoms with van der Waals surface area (Å²) >= 11 is 1.25. The number of aryl methyl sites for hydroxylation is 1. The van der Waals surface area contributed by atoms with Crippen molar-refractivity contribution in [3.63, 3.8) is 0 Å². The Hall–Kier alpha value is -2.98. The molecular formula is C23H21F4NO4S. The first-order valence-electron chi connectivity index (χ1n) is 9.98. The highest BCUT2D eigenvalue weighted by molar-refractivity contribution is 7.15. The van der Waals surface area contributed by atoms with Gasteiger partial charge in [0.15, 0.2) is 17.7 Å². The molecule has 0 aliphatic carbocycles. The van der Waals surface area contributed by atoms with Crippen molar-refractivity contribution >= 4 is 17.3 Å². The van der Waals surface area contributed by atoms with Crippen LogP contribution in [0.1, 0.15) is 28.6 Å². The predicted molar refractivity (Wildman–Crippen MR) is 115 cm³/mol. The summed E-state index contributed by atoms with van der Waals surface area (Å²) in [6, 6.07) is 8.91. The molecular weight excluding hydrogens is 462 g/mol. The van der Waals surface area contributed by atoms with Crippen molar-refractivity contribution in [1.82, 2.24) is 4.98 Å². The third kappa shape index (κ3) is 6.29. The van der Waals surface area contributed by atoms with E-state index in [9.17, 15) is 22.4 Å². The van der Waals surface area contributed by atoms with E-state index in [1.54, 1.807) is 19.9 Å². The number of carbonyl (C=O) groups is 1. The second-order valence-electron chi connectivity index (χ2n) is 7.14. The van der Waals surface area contributed by atoms with Crippen LogP contribution < -0.4 is 4.74 Å². The molecule has 1 aromatic heterocycles. The van der Waals surface area contributed by atoms with Crippen LogP contribution in [0.2, 0.25) is 0 Å². The molecule has 0 aliphatic heterocycles. The van der Waals surface area contributed by atoms with E-state index in [0.717, 1.165) is 12.1 Å². The molecule has 0 saturated carbocycles. The molecule has 0 bridgehead atoms. The van der Waals surface area contributed by atoms with Crippen LogP contribution in [0, 0.1) is 12.7 Å².